The van der Waals surface area contributed by atoms with Gasteiger partial charge in [-0.1, -0.05) is 31.4 Å². The molecule has 3 heteroatoms. The van der Waals surface area contributed by atoms with E-state index in [2.05, 4.69) is 18.5 Å². The van der Waals surface area contributed by atoms with Gasteiger partial charge in [0.05, 0.1) is 0 Å². The van der Waals surface area contributed by atoms with Crippen LogP contribution in [0.25, 0.3) is 0 Å². The van der Waals surface area contributed by atoms with Crippen molar-refractivity contribution in [1.29, 1.82) is 0 Å². The number of ketones is 1. The molecule has 0 heterocycles. The molecule has 0 saturated heterocycles. The molecule has 0 radical (unpaired) electrons. The van der Waals surface area contributed by atoms with Crippen LogP contribution in [-0.4, -0.2) is 18.2 Å². The first-order chi connectivity index (χ1) is 7.69. The summed E-state index contributed by atoms with van der Waals surface area (Å²) in [5.41, 5.74) is 0. The van der Waals surface area contributed by atoms with Gasteiger partial charge in [-0.3, -0.25) is 9.59 Å². The molecule has 0 bridgehead atoms. The highest BCUT2D eigenvalue weighted by Crippen LogP contribution is 2.32. The van der Waals surface area contributed by atoms with Crippen molar-refractivity contribution in [1.82, 2.24) is 5.32 Å². The normalized spacial score (nSPS) is 17.0. The van der Waals surface area contributed by atoms with E-state index in [4.69, 9.17) is 0 Å². The molecule has 1 aliphatic carbocycles. The van der Waals surface area contributed by atoms with E-state index in [-0.39, 0.29) is 11.7 Å². The number of amides is 1. The average molecular weight is 221 g/mol. The molecule has 1 aliphatic rings. The fourth-order valence-electron chi connectivity index (χ4n) is 1.82. The molecule has 16 heavy (non-hydrogen) atoms. The molecule has 1 rings (SSSR count). The molecular formula is C13H19NO2. The summed E-state index contributed by atoms with van der Waals surface area (Å²) >= 11 is 0. The number of hydrogen-bond donors (Lipinski definition) is 1. The van der Waals surface area contributed by atoms with Gasteiger partial charge in [0.25, 0.3) is 5.91 Å². The first kappa shape index (κ1) is 12.7. The summed E-state index contributed by atoms with van der Waals surface area (Å²) in [6, 6.07) is 0. The highest BCUT2D eigenvalue weighted by atomic mass is 16.2. The van der Waals surface area contributed by atoms with Gasteiger partial charge in [0.2, 0.25) is 5.78 Å². The van der Waals surface area contributed by atoms with Gasteiger partial charge >= 0.3 is 0 Å². The summed E-state index contributed by atoms with van der Waals surface area (Å²) in [5, 5.41) is 2.50. The fraction of sp³-hybridized carbons (Fsp3) is 0.538. The quantitative estimate of drug-likeness (QED) is 0.527. The number of hydrogen-bond acceptors (Lipinski definition) is 2. The van der Waals surface area contributed by atoms with E-state index in [0.717, 1.165) is 6.42 Å². The van der Waals surface area contributed by atoms with Crippen LogP contribution in [0.5, 0.6) is 0 Å². The van der Waals surface area contributed by atoms with Crippen LogP contribution < -0.4 is 5.32 Å². The van der Waals surface area contributed by atoms with Gasteiger partial charge in [-0.05, 0) is 12.3 Å². The van der Waals surface area contributed by atoms with Gasteiger partial charge in [0.15, 0.2) is 0 Å². The van der Waals surface area contributed by atoms with Gasteiger partial charge in [0, 0.05) is 12.5 Å². The highest BCUT2D eigenvalue weighted by Gasteiger charge is 2.27. The Balaban J connectivity index is 2.43. The molecule has 1 amide bonds. The van der Waals surface area contributed by atoms with E-state index >= 15 is 0 Å². The number of nitrogens with one attached hydrogen (secondary N) is 1. The minimum atomic E-state index is -0.524. The Hall–Kier alpha value is -1.38. The molecule has 0 aromatic heterocycles. The van der Waals surface area contributed by atoms with E-state index in [1.165, 1.54) is 19.3 Å². The lowest BCUT2D eigenvalue weighted by Crippen LogP contribution is -2.36. The molecule has 1 saturated carbocycles. The maximum absolute atomic E-state index is 11.7. The molecule has 0 aromatic rings. The molecule has 1 fully saturated rings. The Morgan fingerprint density at radius 2 is 2.06 bits per heavy atom. The predicted octanol–water partition coefficient (Wildman–Crippen LogP) is 1.85. The first-order valence-electron chi connectivity index (χ1n) is 5.74. The molecule has 0 aromatic carbocycles. The van der Waals surface area contributed by atoms with Crippen LogP contribution in [0.3, 0.4) is 0 Å². The zero-order valence-corrected chi connectivity index (χ0v) is 9.58. The van der Waals surface area contributed by atoms with Crippen molar-refractivity contribution in [3.63, 3.8) is 0 Å². The zero-order valence-electron chi connectivity index (χ0n) is 9.58. The standard InChI is InChI=1S/C13H19NO2/c1-3-8-14-13(16)12(15)11(4-2)9-10-6-5-7-10/h3-4,10-11H,1-2,5-9H2,(H,14,16). The van der Waals surface area contributed by atoms with Crippen molar-refractivity contribution in [2.24, 2.45) is 11.8 Å². The van der Waals surface area contributed by atoms with Crippen LogP contribution in [0.15, 0.2) is 25.3 Å². The number of allylic oxidation sites excluding steroid dienone is 1. The molecule has 0 spiro atoms. The lowest BCUT2D eigenvalue weighted by Gasteiger charge is -2.27. The predicted molar refractivity (Wildman–Crippen MR) is 63.9 cm³/mol. The van der Waals surface area contributed by atoms with E-state index in [0.29, 0.717) is 12.5 Å². The van der Waals surface area contributed by atoms with Gasteiger partial charge < -0.3 is 5.32 Å². The van der Waals surface area contributed by atoms with Crippen LogP contribution in [0.1, 0.15) is 25.7 Å². The van der Waals surface area contributed by atoms with E-state index in [9.17, 15) is 9.59 Å². The van der Waals surface area contributed by atoms with Crippen molar-refractivity contribution in [2.75, 3.05) is 6.54 Å². The smallest absolute Gasteiger partial charge is 0.288 e. The lowest BCUT2D eigenvalue weighted by molar-refractivity contribution is -0.139. The van der Waals surface area contributed by atoms with Crippen molar-refractivity contribution in [3.05, 3.63) is 25.3 Å². The van der Waals surface area contributed by atoms with E-state index in [1.807, 2.05) is 0 Å². The maximum Gasteiger partial charge on any atom is 0.288 e. The molecular weight excluding hydrogens is 202 g/mol. The van der Waals surface area contributed by atoms with E-state index < -0.39 is 5.91 Å². The minimum Gasteiger partial charge on any atom is -0.346 e. The van der Waals surface area contributed by atoms with Crippen molar-refractivity contribution >= 4 is 11.7 Å². The van der Waals surface area contributed by atoms with Gasteiger partial charge in [-0.25, -0.2) is 0 Å². The van der Waals surface area contributed by atoms with Crippen molar-refractivity contribution < 1.29 is 9.59 Å². The summed E-state index contributed by atoms with van der Waals surface area (Å²) in [6.07, 6.45) is 7.50. The van der Waals surface area contributed by atoms with Crippen LogP contribution >= 0.6 is 0 Å². The molecule has 88 valence electrons. The third-order valence-electron chi connectivity index (χ3n) is 3.06. The Morgan fingerprint density at radius 1 is 1.38 bits per heavy atom. The lowest BCUT2D eigenvalue weighted by atomic mass is 9.78. The first-order valence-corrected chi connectivity index (χ1v) is 5.74. The van der Waals surface area contributed by atoms with Crippen molar-refractivity contribution in [3.8, 4) is 0 Å². The Morgan fingerprint density at radius 3 is 2.50 bits per heavy atom. The second-order valence-corrected chi connectivity index (χ2v) is 4.24. The summed E-state index contributed by atoms with van der Waals surface area (Å²) in [6.45, 7) is 7.45. The average Bonchev–Trinajstić information content (AvgIpc) is 2.24. The van der Waals surface area contributed by atoms with E-state index in [1.54, 1.807) is 12.2 Å². The third-order valence-corrected chi connectivity index (χ3v) is 3.06. The second-order valence-electron chi connectivity index (χ2n) is 4.24. The molecule has 0 aliphatic heterocycles. The SMILES string of the molecule is C=CCNC(=O)C(=O)C(C=C)CC1CCC1. The Kier molecular flexibility index (Phi) is 4.96. The number of carbonyl (C=O) groups excluding carboxylic acids is 2. The fourth-order valence-corrected chi connectivity index (χ4v) is 1.82. The zero-order chi connectivity index (χ0) is 12.0. The third kappa shape index (κ3) is 3.33. The number of carbonyl (C=O) groups is 2. The van der Waals surface area contributed by atoms with Crippen LogP contribution in [0.4, 0.5) is 0 Å². The summed E-state index contributed by atoms with van der Waals surface area (Å²) < 4.78 is 0. The topological polar surface area (TPSA) is 46.2 Å². The van der Waals surface area contributed by atoms with Gasteiger partial charge in [0.1, 0.15) is 0 Å². The molecule has 1 atom stereocenters. The minimum absolute atomic E-state index is 0.324. The number of Topliss-reactive ketones (excluding diaryl/α,β-unsaturated/α-hetero) is 1. The van der Waals surface area contributed by atoms with Gasteiger partial charge in [-0.2, -0.15) is 0 Å². The molecule has 3 nitrogen and oxygen atoms in total. The number of rotatable bonds is 7. The highest BCUT2D eigenvalue weighted by molar-refractivity contribution is 6.37. The maximum atomic E-state index is 11.7. The Bertz CT molecular complexity index is 292. The summed E-state index contributed by atoms with van der Waals surface area (Å²) in [5.74, 6) is -0.623. The molecule has 1 N–H and O–H groups in total. The largest absolute Gasteiger partial charge is 0.346 e. The summed E-state index contributed by atoms with van der Waals surface area (Å²) in [4.78, 5) is 23.2. The monoisotopic (exact) mass is 221 g/mol. The Labute approximate surface area is 96.6 Å². The molecule has 1 unspecified atom stereocenters. The van der Waals surface area contributed by atoms with Crippen LogP contribution in [-0.2, 0) is 9.59 Å². The van der Waals surface area contributed by atoms with Crippen molar-refractivity contribution in [2.45, 2.75) is 25.7 Å². The summed E-state index contributed by atoms with van der Waals surface area (Å²) in [7, 11) is 0. The van der Waals surface area contributed by atoms with Crippen LogP contribution in [0, 0.1) is 11.8 Å². The van der Waals surface area contributed by atoms with Gasteiger partial charge in [-0.15, -0.1) is 13.2 Å². The second kappa shape index (κ2) is 6.26. The van der Waals surface area contributed by atoms with Crippen LogP contribution in [0.2, 0.25) is 0 Å².